The van der Waals surface area contributed by atoms with E-state index in [0.29, 0.717) is 5.95 Å². The lowest BCUT2D eigenvalue weighted by atomic mass is 10.1. The number of piperazine rings is 1. The van der Waals surface area contributed by atoms with Gasteiger partial charge in [-0.3, -0.25) is 4.90 Å². The molecule has 1 N–H and O–H groups in total. The molecule has 7 nitrogen and oxygen atoms in total. The second-order valence-corrected chi connectivity index (χ2v) is 8.45. The van der Waals surface area contributed by atoms with Gasteiger partial charge in [-0.25, -0.2) is 13.5 Å². The fourth-order valence-corrected chi connectivity index (χ4v) is 3.83. The van der Waals surface area contributed by atoms with Crippen LogP contribution < -0.4 is 10.2 Å². The van der Waals surface area contributed by atoms with Gasteiger partial charge in [0.1, 0.15) is 18.0 Å². The van der Waals surface area contributed by atoms with Crippen molar-refractivity contribution in [2.24, 2.45) is 0 Å². The van der Waals surface area contributed by atoms with E-state index in [1.807, 2.05) is 6.07 Å². The smallest absolute Gasteiger partial charge is 0.246 e. The Balaban J connectivity index is 1.43. The predicted molar refractivity (Wildman–Crippen MR) is 123 cm³/mol. The number of benzene rings is 2. The normalized spacial score (nSPS) is 14.9. The molecule has 0 aliphatic carbocycles. The first-order valence-electron chi connectivity index (χ1n) is 10.7. The van der Waals surface area contributed by atoms with Gasteiger partial charge < -0.3 is 15.1 Å². The number of anilines is 3. The molecule has 0 spiro atoms. The molecule has 1 aromatic heterocycles. The van der Waals surface area contributed by atoms with Gasteiger partial charge in [-0.1, -0.05) is 0 Å². The SMILES string of the molecule is Cc1cc(Nc2ncn(-c3cc(F)cc(F)c3)n2)cc(N2CCN(CCN(C)C)CC2)c1. The van der Waals surface area contributed by atoms with Crippen molar-refractivity contribution in [1.82, 2.24) is 24.6 Å². The van der Waals surface area contributed by atoms with E-state index < -0.39 is 11.6 Å². The van der Waals surface area contributed by atoms with Gasteiger partial charge in [0.2, 0.25) is 5.95 Å². The maximum absolute atomic E-state index is 13.5. The number of nitrogens with zero attached hydrogens (tertiary/aromatic N) is 6. The molecule has 0 amide bonds. The summed E-state index contributed by atoms with van der Waals surface area (Å²) in [6.07, 6.45) is 1.43. The fraction of sp³-hybridized carbons (Fsp3) is 0.391. The molecule has 1 fully saturated rings. The molecule has 2 heterocycles. The number of hydrogen-bond donors (Lipinski definition) is 1. The number of rotatable bonds is 7. The van der Waals surface area contributed by atoms with E-state index in [-0.39, 0.29) is 5.69 Å². The van der Waals surface area contributed by atoms with E-state index in [1.165, 1.54) is 23.1 Å². The Morgan fingerprint density at radius 2 is 1.66 bits per heavy atom. The van der Waals surface area contributed by atoms with E-state index in [1.54, 1.807) is 0 Å². The van der Waals surface area contributed by atoms with Crippen LogP contribution in [-0.4, -0.2) is 77.9 Å². The average molecular weight is 442 g/mol. The van der Waals surface area contributed by atoms with E-state index in [4.69, 9.17) is 0 Å². The zero-order chi connectivity index (χ0) is 22.7. The molecular formula is C23H29F2N7. The van der Waals surface area contributed by atoms with Crippen molar-refractivity contribution in [3.8, 4) is 5.69 Å². The number of halogens is 2. The Labute approximate surface area is 187 Å². The summed E-state index contributed by atoms with van der Waals surface area (Å²) in [6, 6.07) is 9.55. The third-order valence-electron chi connectivity index (χ3n) is 5.52. The number of nitrogens with one attached hydrogen (secondary N) is 1. The molecule has 170 valence electrons. The Hall–Kier alpha value is -3.04. The first-order chi connectivity index (χ1) is 15.4. The van der Waals surface area contributed by atoms with E-state index in [9.17, 15) is 8.78 Å². The first-order valence-corrected chi connectivity index (χ1v) is 10.7. The van der Waals surface area contributed by atoms with Gasteiger partial charge in [0.15, 0.2) is 0 Å². The molecule has 0 unspecified atom stereocenters. The van der Waals surface area contributed by atoms with Crippen LogP contribution in [0.5, 0.6) is 0 Å². The minimum Gasteiger partial charge on any atom is -0.369 e. The molecule has 2 aromatic carbocycles. The second kappa shape index (κ2) is 9.62. The Kier molecular flexibility index (Phi) is 6.66. The highest BCUT2D eigenvalue weighted by atomic mass is 19.1. The quantitative estimate of drug-likeness (QED) is 0.607. The fourth-order valence-electron chi connectivity index (χ4n) is 3.83. The van der Waals surface area contributed by atoms with Crippen LogP contribution in [0.4, 0.5) is 26.1 Å². The van der Waals surface area contributed by atoms with Crippen LogP contribution >= 0.6 is 0 Å². The molecule has 1 saturated heterocycles. The van der Waals surface area contributed by atoms with Crippen LogP contribution in [0.15, 0.2) is 42.7 Å². The standard InChI is InChI=1S/C23H29F2N7/c1-17-10-20(15-21(11-17)31-8-6-30(7-9-31)5-4-29(2)3)27-23-26-16-32(28-23)22-13-18(24)12-19(25)14-22/h10-16H,4-9H2,1-3H3,(H,27,28). The second-order valence-electron chi connectivity index (χ2n) is 8.45. The number of hydrogen-bond acceptors (Lipinski definition) is 6. The van der Waals surface area contributed by atoms with Crippen molar-refractivity contribution in [2.75, 3.05) is 63.6 Å². The first kappa shape index (κ1) is 22.2. The minimum atomic E-state index is -0.657. The van der Waals surface area contributed by atoms with E-state index in [0.717, 1.165) is 62.3 Å². The third kappa shape index (κ3) is 5.60. The summed E-state index contributed by atoms with van der Waals surface area (Å²) in [7, 11) is 4.21. The van der Waals surface area contributed by atoms with Crippen LogP contribution in [0.1, 0.15) is 5.56 Å². The molecule has 9 heteroatoms. The summed E-state index contributed by atoms with van der Waals surface area (Å²) in [4.78, 5) is 11.3. The van der Waals surface area contributed by atoms with Crippen molar-refractivity contribution in [3.05, 3.63) is 59.9 Å². The minimum absolute atomic E-state index is 0.278. The molecule has 0 radical (unpaired) electrons. The topological polar surface area (TPSA) is 52.5 Å². The summed E-state index contributed by atoms with van der Waals surface area (Å²) in [5.74, 6) is -0.954. The Bertz CT molecular complexity index is 1040. The Morgan fingerprint density at radius 3 is 2.34 bits per heavy atom. The lowest BCUT2D eigenvalue weighted by Crippen LogP contribution is -2.48. The maximum Gasteiger partial charge on any atom is 0.246 e. The monoisotopic (exact) mass is 441 g/mol. The zero-order valence-corrected chi connectivity index (χ0v) is 18.7. The summed E-state index contributed by atoms with van der Waals surface area (Å²) in [5.41, 5.74) is 3.44. The van der Waals surface area contributed by atoms with Crippen molar-refractivity contribution in [2.45, 2.75) is 6.92 Å². The molecule has 4 rings (SSSR count). The van der Waals surface area contributed by atoms with Crippen molar-refractivity contribution >= 4 is 17.3 Å². The molecule has 0 saturated carbocycles. The highest BCUT2D eigenvalue weighted by Crippen LogP contribution is 2.25. The van der Waals surface area contributed by atoms with Crippen LogP contribution in [0, 0.1) is 18.6 Å². The summed E-state index contributed by atoms with van der Waals surface area (Å²) in [6.45, 7) is 8.26. The summed E-state index contributed by atoms with van der Waals surface area (Å²) in [5, 5.41) is 7.52. The molecule has 0 atom stereocenters. The molecule has 1 aliphatic heterocycles. The molecular weight excluding hydrogens is 412 g/mol. The van der Waals surface area contributed by atoms with E-state index >= 15 is 0 Å². The number of likely N-dealkylation sites (N-methyl/N-ethyl adjacent to an activating group) is 1. The van der Waals surface area contributed by atoms with Crippen LogP contribution in [0.25, 0.3) is 5.69 Å². The molecule has 3 aromatic rings. The molecule has 0 bridgehead atoms. The maximum atomic E-state index is 13.5. The average Bonchev–Trinajstić information content (AvgIpc) is 3.20. The van der Waals surface area contributed by atoms with Gasteiger partial charge in [-0.2, -0.15) is 4.98 Å². The Morgan fingerprint density at radius 1 is 0.938 bits per heavy atom. The van der Waals surface area contributed by atoms with Gasteiger partial charge in [-0.15, -0.1) is 5.10 Å². The lowest BCUT2D eigenvalue weighted by molar-refractivity contribution is 0.229. The van der Waals surface area contributed by atoms with E-state index in [2.05, 4.69) is 63.3 Å². The highest BCUT2D eigenvalue weighted by molar-refractivity contribution is 5.64. The van der Waals surface area contributed by atoms with Gasteiger partial charge >= 0.3 is 0 Å². The third-order valence-corrected chi connectivity index (χ3v) is 5.52. The van der Waals surface area contributed by atoms with Crippen LogP contribution in [-0.2, 0) is 0 Å². The van der Waals surface area contributed by atoms with Crippen molar-refractivity contribution in [1.29, 1.82) is 0 Å². The summed E-state index contributed by atoms with van der Waals surface area (Å²) < 4.78 is 28.4. The number of aryl methyl sites for hydroxylation is 1. The summed E-state index contributed by atoms with van der Waals surface area (Å²) >= 11 is 0. The largest absolute Gasteiger partial charge is 0.369 e. The number of aromatic nitrogens is 3. The zero-order valence-electron chi connectivity index (χ0n) is 18.7. The van der Waals surface area contributed by atoms with Gasteiger partial charge in [0.05, 0.1) is 5.69 Å². The van der Waals surface area contributed by atoms with Gasteiger partial charge in [0.25, 0.3) is 0 Å². The van der Waals surface area contributed by atoms with Gasteiger partial charge in [-0.05, 0) is 56.9 Å². The van der Waals surface area contributed by atoms with Crippen molar-refractivity contribution in [3.63, 3.8) is 0 Å². The van der Waals surface area contributed by atoms with Gasteiger partial charge in [0, 0.05) is 56.7 Å². The molecule has 1 aliphatic rings. The van der Waals surface area contributed by atoms with Crippen LogP contribution in [0.3, 0.4) is 0 Å². The lowest BCUT2D eigenvalue weighted by Gasteiger charge is -2.36. The van der Waals surface area contributed by atoms with Crippen LogP contribution in [0.2, 0.25) is 0 Å². The van der Waals surface area contributed by atoms with Crippen molar-refractivity contribution < 1.29 is 8.78 Å². The molecule has 32 heavy (non-hydrogen) atoms. The highest BCUT2D eigenvalue weighted by Gasteiger charge is 2.18. The predicted octanol–water partition coefficient (Wildman–Crippen LogP) is 3.28.